The molecule has 6 heteroatoms. The Bertz CT molecular complexity index is 311. The molecule has 1 unspecified atom stereocenters. The van der Waals surface area contributed by atoms with Crippen molar-refractivity contribution in [2.45, 2.75) is 33.2 Å². The third kappa shape index (κ3) is 6.07. The van der Waals surface area contributed by atoms with Crippen LogP contribution in [0.25, 0.3) is 0 Å². The molecule has 0 aliphatic rings. The van der Waals surface area contributed by atoms with E-state index >= 15 is 0 Å². The molecule has 0 saturated heterocycles. The minimum absolute atomic E-state index is 0.0136. The van der Waals surface area contributed by atoms with Crippen LogP contribution in [0.3, 0.4) is 0 Å². The number of carbonyl (C=O) groups is 1. The van der Waals surface area contributed by atoms with Crippen molar-refractivity contribution in [2.24, 2.45) is 5.92 Å². The van der Waals surface area contributed by atoms with Crippen LogP contribution in [0.5, 0.6) is 0 Å². The molecule has 0 heterocycles. The van der Waals surface area contributed by atoms with Crippen LogP contribution in [0.4, 0.5) is 0 Å². The van der Waals surface area contributed by atoms with Crippen molar-refractivity contribution in [3.05, 3.63) is 0 Å². The Kier molecular flexibility index (Phi) is 6.59. The van der Waals surface area contributed by atoms with E-state index in [4.69, 9.17) is 5.11 Å². The Morgan fingerprint density at radius 3 is 2.31 bits per heavy atom. The fraction of sp³-hybridized carbons (Fsp3) is 0.900. The molecule has 0 aromatic heterocycles. The molecule has 0 bridgehead atoms. The van der Waals surface area contributed by atoms with E-state index < -0.39 is 21.8 Å². The second-order valence-corrected chi connectivity index (χ2v) is 6.58. The number of hydrogen-bond acceptors (Lipinski definition) is 4. The molecule has 0 aromatic rings. The minimum Gasteiger partial charge on any atom is -0.480 e. The zero-order valence-corrected chi connectivity index (χ0v) is 10.9. The summed E-state index contributed by atoms with van der Waals surface area (Å²) in [7, 11) is -2.95. The molecule has 0 aliphatic heterocycles. The van der Waals surface area contributed by atoms with Gasteiger partial charge >= 0.3 is 5.97 Å². The number of nitrogens with one attached hydrogen (secondary N) is 1. The van der Waals surface area contributed by atoms with Gasteiger partial charge in [-0.25, -0.2) is 8.42 Å². The minimum atomic E-state index is -2.95. The summed E-state index contributed by atoms with van der Waals surface area (Å²) in [4.78, 5) is 10.8. The maximum Gasteiger partial charge on any atom is 0.320 e. The highest BCUT2D eigenvalue weighted by molar-refractivity contribution is 7.91. The van der Waals surface area contributed by atoms with Gasteiger partial charge in [-0.2, -0.15) is 0 Å². The van der Waals surface area contributed by atoms with Gasteiger partial charge in [-0.05, 0) is 18.9 Å². The average Bonchev–Trinajstić information content (AvgIpc) is 2.16. The van der Waals surface area contributed by atoms with E-state index in [1.54, 1.807) is 6.92 Å². The van der Waals surface area contributed by atoms with Crippen LogP contribution in [0, 0.1) is 5.92 Å². The van der Waals surface area contributed by atoms with Crippen molar-refractivity contribution in [2.75, 3.05) is 18.1 Å². The molecule has 16 heavy (non-hydrogen) atoms. The third-order valence-electron chi connectivity index (χ3n) is 2.37. The SMILES string of the molecule is CCS(=O)(=O)CCCNC(C(=O)O)C(C)C. The molecular weight excluding hydrogens is 230 g/mol. The lowest BCUT2D eigenvalue weighted by atomic mass is 10.1. The molecule has 0 saturated carbocycles. The van der Waals surface area contributed by atoms with Gasteiger partial charge in [-0.1, -0.05) is 20.8 Å². The first-order valence-electron chi connectivity index (χ1n) is 5.46. The molecule has 1 atom stereocenters. The predicted molar refractivity (Wildman–Crippen MR) is 63.2 cm³/mol. The normalized spacial score (nSPS) is 14.0. The van der Waals surface area contributed by atoms with Crippen LogP contribution in [-0.2, 0) is 14.6 Å². The van der Waals surface area contributed by atoms with E-state index in [2.05, 4.69) is 5.32 Å². The van der Waals surface area contributed by atoms with E-state index in [1.165, 1.54) is 0 Å². The van der Waals surface area contributed by atoms with Crippen molar-refractivity contribution in [1.29, 1.82) is 0 Å². The Balaban J connectivity index is 3.93. The number of sulfone groups is 1. The summed E-state index contributed by atoms with van der Waals surface area (Å²) >= 11 is 0. The maximum atomic E-state index is 11.2. The van der Waals surface area contributed by atoms with Crippen LogP contribution in [0.15, 0.2) is 0 Å². The van der Waals surface area contributed by atoms with Gasteiger partial charge in [0.2, 0.25) is 0 Å². The maximum absolute atomic E-state index is 11.2. The van der Waals surface area contributed by atoms with Crippen molar-refractivity contribution in [3.63, 3.8) is 0 Å². The smallest absolute Gasteiger partial charge is 0.320 e. The summed E-state index contributed by atoms with van der Waals surface area (Å²) < 4.78 is 22.3. The number of hydrogen-bond donors (Lipinski definition) is 2. The van der Waals surface area contributed by atoms with Crippen molar-refractivity contribution >= 4 is 15.8 Å². The monoisotopic (exact) mass is 251 g/mol. The van der Waals surface area contributed by atoms with E-state index in [-0.39, 0.29) is 17.4 Å². The van der Waals surface area contributed by atoms with Gasteiger partial charge in [0, 0.05) is 5.75 Å². The zero-order valence-electron chi connectivity index (χ0n) is 10.1. The molecule has 96 valence electrons. The highest BCUT2D eigenvalue weighted by Crippen LogP contribution is 2.02. The van der Waals surface area contributed by atoms with Crippen LogP contribution < -0.4 is 5.32 Å². The molecule has 0 fully saturated rings. The second kappa shape index (κ2) is 6.85. The van der Waals surface area contributed by atoms with Gasteiger partial charge < -0.3 is 10.4 Å². The average molecular weight is 251 g/mol. The summed E-state index contributed by atoms with van der Waals surface area (Å²) in [5.74, 6) is -0.658. The van der Waals surface area contributed by atoms with Gasteiger partial charge in [-0.15, -0.1) is 0 Å². The molecule has 0 aromatic carbocycles. The summed E-state index contributed by atoms with van der Waals surface area (Å²) in [6.45, 7) is 5.65. The molecular formula is C10H21NO4S. The lowest BCUT2D eigenvalue weighted by molar-refractivity contribution is -0.140. The quantitative estimate of drug-likeness (QED) is 0.614. The molecule has 2 N–H and O–H groups in total. The molecule has 0 rings (SSSR count). The standard InChI is InChI=1S/C10H21NO4S/c1-4-16(14,15)7-5-6-11-9(8(2)3)10(12)13/h8-9,11H,4-7H2,1-3H3,(H,12,13). The highest BCUT2D eigenvalue weighted by atomic mass is 32.2. The van der Waals surface area contributed by atoms with Gasteiger partial charge in [0.1, 0.15) is 15.9 Å². The van der Waals surface area contributed by atoms with Crippen molar-refractivity contribution in [1.82, 2.24) is 5.32 Å². The van der Waals surface area contributed by atoms with Crippen LogP contribution >= 0.6 is 0 Å². The largest absolute Gasteiger partial charge is 0.480 e. The lowest BCUT2D eigenvalue weighted by Crippen LogP contribution is -2.41. The molecule has 5 nitrogen and oxygen atoms in total. The highest BCUT2D eigenvalue weighted by Gasteiger charge is 2.20. The van der Waals surface area contributed by atoms with E-state index in [9.17, 15) is 13.2 Å². The second-order valence-electron chi connectivity index (χ2n) is 4.10. The summed E-state index contributed by atoms with van der Waals surface area (Å²) in [5.41, 5.74) is 0. The van der Waals surface area contributed by atoms with Crippen molar-refractivity contribution in [3.8, 4) is 0 Å². The predicted octanol–water partition coefficient (Wildman–Crippen LogP) is 0.510. The van der Waals surface area contributed by atoms with Gasteiger partial charge in [0.05, 0.1) is 5.75 Å². The Morgan fingerprint density at radius 1 is 1.38 bits per heavy atom. The number of carboxylic acid groups (broad SMARTS) is 1. The summed E-state index contributed by atoms with van der Waals surface area (Å²) in [6.07, 6.45) is 0.451. The number of carboxylic acids is 1. The Morgan fingerprint density at radius 2 is 1.94 bits per heavy atom. The fourth-order valence-electron chi connectivity index (χ4n) is 1.30. The first-order chi connectivity index (χ1) is 7.30. The van der Waals surface area contributed by atoms with Crippen LogP contribution in [0.2, 0.25) is 0 Å². The Labute approximate surface area is 97.2 Å². The van der Waals surface area contributed by atoms with Gasteiger partial charge in [-0.3, -0.25) is 4.79 Å². The van der Waals surface area contributed by atoms with Crippen LogP contribution in [-0.4, -0.2) is 43.6 Å². The molecule has 0 aliphatic carbocycles. The van der Waals surface area contributed by atoms with Gasteiger partial charge in [0.25, 0.3) is 0 Å². The first kappa shape index (κ1) is 15.4. The zero-order chi connectivity index (χ0) is 12.8. The summed E-state index contributed by atoms with van der Waals surface area (Å²) in [6, 6.07) is -0.607. The first-order valence-corrected chi connectivity index (χ1v) is 7.29. The Hall–Kier alpha value is -0.620. The topological polar surface area (TPSA) is 83.5 Å². The lowest BCUT2D eigenvalue weighted by Gasteiger charge is -2.17. The fourth-order valence-corrected chi connectivity index (χ4v) is 2.17. The third-order valence-corrected chi connectivity index (χ3v) is 4.16. The van der Waals surface area contributed by atoms with Gasteiger partial charge in [0.15, 0.2) is 0 Å². The molecule has 0 amide bonds. The summed E-state index contributed by atoms with van der Waals surface area (Å²) in [5, 5.41) is 11.7. The van der Waals surface area contributed by atoms with Crippen molar-refractivity contribution < 1.29 is 18.3 Å². The van der Waals surface area contributed by atoms with E-state index in [1.807, 2.05) is 13.8 Å². The van der Waals surface area contributed by atoms with E-state index in [0.29, 0.717) is 13.0 Å². The number of rotatable bonds is 8. The van der Waals surface area contributed by atoms with E-state index in [0.717, 1.165) is 0 Å². The number of aliphatic carboxylic acids is 1. The van der Waals surface area contributed by atoms with Crippen LogP contribution in [0.1, 0.15) is 27.2 Å². The molecule has 0 spiro atoms. The molecule has 0 radical (unpaired) electrons.